The summed E-state index contributed by atoms with van der Waals surface area (Å²) in [4.78, 5) is 13.6. The fourth-order valence-corrected chi connectivity index (χ4v) is 4.68. The van der Waals surface area contributed by atoms with Crippen LogP contribution in [0.3, 0.4) is 0 Å². The van der Waals surface area contributed by atoms with Crippen molar-refractivity contribution in [1.82, 2.24) is 4.90 Å². The number of rotatable bonds is 6. The number of likely N-dealkylation sites (tertiary alicyclic amines) is 1. The lowest BCUT2D eigenvalue weighted by molar-refractivity contribution is -0.114. The van der Waals surface area contributed by atoms with Gasteiger partial charge in [0, 0.05) is 56.9 Å². The Labute approximate surface area is 192 Å². The number of anilines is 1. The van der Waals surface area contributed by atoms with Gasteiger partial charge in [-0.05, 0) is 42.8 Å². The number of carbonyl (C=O) groups excluding carboxylic acids is 1. The van der Waals surface area contributed by atoms with Gasteiger partial charge in [0.15, 0.2) is 0 Å². The van der Waals surface area contributed by atoms with Gasteiger partial charge in [-0.25, -0.2) is 0 Å². The molecule has 32 heavy (non-hydrogen) atoms. The number of β-amino-alcohol motifs (C(OH)–C–C–N with tert-alkyl or cyclic N) is 1. The van der Waals surface area contributed by atoms with Crippen LogP contribution in [-0.2, 0) is 11.2 Å². The van der Waals surface area contributed by atoms with Crippen molar-refractivity contribution in [3.8, 4) is 17.2 Å². The third-order valence-electron chi connectivity index (χ3n) is 6.01. The maximum atomic E-state index is 11.4. The van der Waals surface area contributed by atoms with Crippen LogP contribution in [0, 0.1) is 0 Å². The lowest BCUT2D eigenvalue weighted by Gasteiger charge is -2.41. The van der Waals surface area contributed by atoms with Crippen molar-refractivity contribution in [2.45, 2.75) is 44.3 Å². The van der Waals surface area contributed by atoms with Gasteiger partial charge in [0.2, 0.25) is 5.91 Å². The summed E-state index contributed by atoms with van der Waals surface area (Å²) in [5, 5.41) is 24.1. The summed E-state index contributed by atoms with van der Waals surface area (Å²) < 4.78 is 12.1. The topological polar surface area (TPSA) is 91.3 Å². The molecule has 3 N–H and O–H groups in total. The summed E-state index contributed by atoms with van der Waals surface area (Å²) in [6.45, 7) is 5.20. The van der Waals surface area contributed by atoms with Crippen molar-refractivity contribution < 1.29 is 24.5 Å². The molecule has 1 amide bonds. The predicted molar refractivity (Wildman–Crippen MR) is 123 cm³/mol. The molecular formula is C24H29ClN2O5. The van der Waals surface area contributed by atoms with E-state index in [0.29, 0.717) is 18.0 Å². The minimum Gasteiger partial charge on any atom is -0.508 e. The van der Waals surface area contributed by atoms with Crippen LogP contribution in [0.1, 0.15) is 32.3 Å². The highest BCUT2D eigenvalue weighted by atomic mass is 35.5. The first-order valence-corrected chi connectivity index (χ1v) is 11.2. The Morgan fingerprint density at radius 2 is 2.03 bits per heavy atom. The number of piperidine rings is 1. The minimum atomic E-state index is -1.11. The third-order valence-corrected chi connectivity index (χ3v) is 6.24. The van der Waals surface area contributed by atoms with Crippen LogP contribution in [-0.4, -0.2) is 58.5 Å². The van der Waals surface area contributed by atoms with Gasteiger partial charge < -0.3 is 29.9 Å². The highest BCUT2D eigenvalue weighted by molar-refractivity contribution is 6.30. The van der Waals surface area contributed by atoms with Crippen LogP contribution in [0.15, 0.2) is 36.4 Å². The number of ether oxygens (including phenoxy) is 2. The number of benzene rings is 2. The van der Waals surface area contributed by atoms with Gasteiger partial charge in [0.25, 0.3) is 0 Å². The van der Waals surface area contributed by atoms with E-state index < -0.39 is 5.60 Å². The summed E-state index contributed by atoms with van der Waals surface area (Å²) in [5.41, 5.74) is 0.300. The number of fused-ring (bicyclic) bond motifs is 1. The van der Waals surface area contributed by atoms with E-state index in [2.05, 4.69) is 10.2 Å². The van der Waals surface area contributed by atoms with Crippen LogP contribution in [0.4, 0.5) is 5.69 Å². The normalized spacial score (nSPS) is 19.1. The Hall–Kier alpha value is -2.48. The average Bonchev–Trinajstić information content (AvgIpc) is 3.06. The number of nitrogens with zero attached hydrogens (tertiary/aromatic N) is 1. The molecule has 0 aromatic heterocycles. The quantitative estimate of drug-likeness (QED) is 0.570. The number of aromatic hydroxyl groups is 1. The molecule has 1 spiro atoms. The van der Waals surface area contributed by atoms with Crippen LogP contribution in [0.2, 0.25) is 5.02 Å². The average molecular weight is 461 g/mol. The first kappa shape index (κ1) is 22.7. The number of nitrogens with one attached hydrogen (secondary N) is 1. The van der Waals surface area contributed by atoms with Gasteiger partial charge in [-0.1, -0.05) is 11.6 Å². The maximum absolute atomic E-state index is 11.4. The highest BCUT2D eigenvalue weighted by Gasteiger charge is 2.42. The second-order valence-electron chi connectivity index (χ2n) is 9.14. The molecule has 0 saturated carbocycles. The first-order chi connectivity index (χ1) is 15.1. The molecule has 2 aliphatic rings. The molecule has 2 aromatic carbocycles. The van der Waals surface area contributed by atoms with Crippen molar-refractivity contribution in [1.29, 1.82) is 0 Å². The third kappa shape index (κ3) is 5.28. The number of phenolic OH excluding ortho intramolecular Hbond substituents is 1. The molecule has 1 atom stereocenters. The monoisotopic (exact) mass is 460 g/mol. The summed E-state index contributed by atoms with van der Waals surface area (Å²) in [7, 11) is 0. The Kier molecular flexibility index (Phi) is 6.25. The molecule has 0 bridgehead atoms. The molecule has 1 saturated heterocycles. The Bertz CT molecular complexity index is 1000. The smallest absolute Gasteiger partial charge is 0.221 e. The Morgan fingerprint density at radius 1 is 1.28 bits per heavy atom. The number of amides is 1. The number of aliphatic hydroxyl groups is 1. The van der Waals surface area contributed by atoms with E-state index in [0.717, 1.165) is 48.7 Å². The van der Waals surface area contributed by atoms with Gasteiger partial charge in [0.1, 0.15) is 35.1 Å². The molecule has 8 heteroatoms. The molecule has 2 aromatic rings. The molecule has 172 valence electrons. The lowest BCUT2D eigenvalue weighted by atomic mass is 9.86. The van der Waals surface area contributed by atoms with E-state index in [1.54, 1.807) is 13.0 Å². The van der Waals surface area contributed by atoms with Crippen LogP contribution in [0.5, 0.6) is 17.2 Å². The van der Waals surface area contributed by atoms with E-state index in [-0.39, 0.29) is 23.9 Å². The molecule has 1 fully saturated rings. The SMILES string of the molecule is CC(=O)Nc1ccc(O)cc1OCC(C)(O)CN1CCC2(CC1)Cc1cc(Cl)ccc1O2. The van der Waals surface area contributed by atoms with E-state index in [4.69, 9.17) is 21.1 Å². The van der Waals surface area contributed by atoms with Crippen molar-refractivity contribution in [2.24, 2.45) is 0 Å². The number of halogens is 1. The van der Waals surface area contributed by atoms with Gasteiger partial charge in [-0.3, -0.25) is 4.79 Å². The summed E-state index contributed by atoms with van der Waals surface area (Å²) in [6, 6.07) is 10.2. The van der Waals surface area contributed by atoms with Gasteiger partial charge in [0.05, 0.1) is 5.69 Å². The predicted octanol–water partition coefficient (Wildman–Crippen LogP) is 3.60. The molecule has 0 aliphatic carbocycles. The largest absolute Gasteiger partial charge is 0.508 e. The lowest BCUT2D eigenvalue weighted by Crippen LogP contribution is -2.52. The Morgan fingerprint density at radius 3 is 2.75 bits per heavy atom. The van der Waals surface area contributed by atoms with Crippen molar-refractivity contribution >= 4 is 23.2 Å². The second-order valence-corrected chi connectivity index (χ2v) is 9.57. The second kappa shape index (κ2) is 8.81. The minimum absolute atomic E-state index is 0.0190. The van der Waals surface area contributed by atoms with Crippen molar-refractivity contribution in [2.75, 3.05) is 31.6 Å². The van der Waals surface area contributed by atoms with Crippen LogP contribution < -0.4 is 14.8 Å². The zero-order chi connectivity index (χ0) is 22.9. The maximum Gasteiger partial charge on any atom is 0.221 e. The molecule has 2 heterocycles. The number of hydrogen-bond acceptors (Lipinski definition) is 6. The molecule has 2 aliphatic heterocycles. The number of hydrogen-bond donors (Lipinski definition) is 3. The van der Waals surface area contributed by atoms with E-state index in [9.17, 15) is 15.0 Å². The summed E-state index contributed by atoms with van der Waals surface area (Å²) >= 11 is 6.13. The van der Waals surface area contributed by atoms with Gasteiger partial charge in [-0.2, -0.15) is 0 Å². The van der Waals surface area contributed by atoms with Crippen molar-refractivity contribution in [3.05, 3.63) is 47.0 Å². The fraction of sp³-hybridized carbons (Fsp3) is 0.458. The molecule has 7 nitrogen and oxygen atoms in total. The van der Waals surface area contributed by atoms with E-state index in [1.165, 1.54) is 19.1 Å². The van der Waals surface area contributed by atoms with Crippen LogP contribution >= 0.6 is 11.6 Å². The fourth-order valence-electron chi connectivity index (χ4n) is 4.48. The molecule has 0 radical (unpaired) electrons. The summed E-state index contributed by atoms with van der Waals surface area (Å²) in [5.74, 6) is 1.01. The van der Waals surface area contributed by atoms with E-state index >= 15 is 0 Å². The zero-order valence-electron chi connectivity index (χ0n) is 18.4. The first-order valence-electron chi connectivity index (χ1n) is 10.8. The van der Waals surface area contributed by atoms with Gasteiger partial charge >= 0.3 is 0 Å². The Balaban J connectivity index is 1.32. The van der Waals surface area contributed by atoms with Crippen LogP contribution in [0.25, 0.3) is 0 Å². The standard InChI is InChI=1S/C24H29ClN2O5/c1-16(28)26-20-5-4-19(29)12-22(20)31-15-23(2,30)14-27-9-7-24(8-10-27)13-17-11-18(25)3-6-21(17)32-24/h3-6,11-12,29-30H,7-10,13-15H2,1-2H3,(H,26,28). The number of carbonyl (C=O) groups is 1. The highest BCUT2D eigenvalue weighted by Crippen LogP contribution is 2.42. The van der Waals surface area contributed by atoms with Gasteiger partial charge in [-0.15, -0.1) is 0 Å². The molecular weight excluding hydrogens is 432 g/mol. The molecule has 1 unspecified atom stereocenters. The number of phenols is 1. The molecule has 4 rings (SSSR count). The van der Waals surface area contributed by atoms with E-state index in [1.807, 2.05) is 18.2 Å². The summed E-state index contributed by atoms with van der Waals surface area (Å²) in [6.07, 6.45) is 2.60. The zero-order valence-corrected chi connectivity index (χ0v) is 19.1. The van der Waals surface area contributed by atoms with Crippen molar-refractivity contribution in [3.63, 3.8) is 0 Å².